The van der Waals surface area contributed by atoms with Crippen molar-refractivity contribution in [2.24, 2.45) is 0 Å². The molecule has 0 saturated carbocycles. The van der Waals surface area contributed by atoms with Gasteiger partial charge < -0.3 is 9.80 Å². The molecule has 1 aliphatic heterocycles. The molecule has 188 valence electrons. The molecule has 1 aliphatic rings. The van der Waals surface area contributed by atoms with E-state index < -0.39 is 0 Å². The third-order valence-corrected chi connectivity index (χ3v) is 7.53. The minimum Gasteiger partial charge on any atom is -0.301 e. The Kier molecular flexibility index (Phi) is 14.1. The fourth-order valence-corrected chi connectivity index (χ4v) is 5.27. The van der Waals surface area contributed by atoms with Crippen molar-refractivity contribution in [1.82, 2.24) is 9.80 Å². The van der Waals surface area contributed by atoms with E-state index in [2.05, 4.69) is 70.5 Å². The molecule has 2 heteroatoms. The van der Waals surface area contributed by atoms with Crippen LogP contribution >= 0.6 is 0 Å². The summed E-state index contributed by atoms with van der Waals surface area (Å²) < 4.78 is 0. The highest BCUT2D eigenvalue weighted by atomic mass is 15.3. The zero-order valence-corrected chi connectivity index (χ0v) is 21.8. The topological polar surface area (TPSA) is 6.48 Å². The van der Waals surface area contributed by atoms with Gasteiger partial charge in [-0.05, 0) is 62.7 Å². The van der Waals surface area contributed by atoms with Crippen LogP contribution in [-0.4, -0.2) is 49.1 Å². The fourth-order valence-electron chi connectivity index (χ4n) is 5.27. The van der Waals surface area contributed by atoms with Gasteiger partial charge in [0, 0.05) is 26.2 Å². The first-order valence-electron chi connectivity index (χ1n) is 14.4. The van der Waals surface area contributed by atoms with Gasteiger partial charge in [-0.3, -0.25) is 0 Å². The Hall–Kier alpha value is -1.64. The molecule has 0 radical (unpaired) electrons. The molecule has 2 nitrogen and oxygen atoms in total. The molecule has 0 atom stereocenters. The van der Waals surface area contributed by atoms with E-state index in [1.165, 1.54) is 140 Å². The van der Waals surface area contributed by atoms with Gasteiger partial charge in [-0.2, -0.15) is 0 Å². The number of hydrogen-bond acceptors (Lipinski definition) is 2. The predicted molar refractivity (Wildman–Crippen MR) is 149 cm³/mol. The second kappa shape index (κ2) is 17.7. The van der Waals surface area contributed by atoms with Crippen LogP contribution in [0.4, 0.5) is 0 Å². The van der Waals surface area contributed by atoms with E-state index in [1.54, 1.807) is 0 Å². The summed E-state index contributed by atoms with van der Waals surface area (Å²) in [5.74, 6) is 0. The first-order chi connectivity index (χ1) is 16.9. The molecular weight excluding hydrogens is 412 g/mol. The number of hydrogen-bond donors (Lipinski definition) is 0. The summed E-state index contributed by atoms with van der Waals surface area (Å²) in [6, 6.07) is 21.9. The Morgan fingerprint density at radius 2 is 0.706 bits per heavy atom. The maximum atomic E-state index is 2.71. The second-order valence-corrected chi connectivity index (χ2v) is 10.4. The van der Waals surface area contributed by atoms with Gasteiger partial charge in [0.1, 0.15) is 0 Å². The van der Waals surface area contributed by atoms with E-state index in [0.29, 0.717) is 0 Å². The summed E-state index contributed by atoms with van der Waals surface area (Å²) in [6.07, 6.45) is 19.2. The minimum absolute atomic E-state index is 1.25. The average molecular weight is 463 g/mol. The monoisotopic (exact) mass is 462 g/mol. The Balaban J connectivity index is 1.06. The van der Waals surface area contributed by atoms with Crippen molar-refractivity contribution in [2.45, 2.75) is 89.9 Å². The molecule has 0 aliphatic carbocycles. The first kappa shape index (κ1) is 27.0. The van der Waals surface area contributed by atoms with E-state index in [-0.39, 0.29) is 0 Å². The predicted octanol–water partition coefficient (Wildman–Crippen LogP) is 7.77. The van der Waals surface area contributed by atoms with Crippen molar-refractivity contribution < 1.29 is 0 Å². The maximum absolute atomic E-state index is 2.71. The van der Waals surface area contributed by atoms with Gasteiger partial charge in [0.25, 0.3) is 0 Å². The van der Waals surface area contributed by atoms with E-state index in [0.717, 1.165) is 0 Å². The van der Waals surface area contributed by atoms with Crippen molar-refractivity contribution in [1.29, 1.82) is 0 Å². The maximum Gasteiger partial charge on any atom is 0.0110 e. The molecule has 0 spiro atoms. The highest BCUT2D eigenvalue weighted by molar-refractivity contribution is 5.15. The largest absolute Gasteiger partial charge is 0.301 e. The van der Waals surface area contributed by atoms with Crippen molar-refractivity contribution in [3.63, 3.8) is 0 Å². The third-order valence-electron chi connectivity index (χ3n) is 7.53. The fraction of sp³-hybridized carbons (Fsp3) is 0.625. The Morgan fingerprint density at radius 1 is 0.382 bits per heavy atom. The minimum atomic E-state index is 1.25. The molecule has 1 fully saturated rings. The van der Waals surface area contributed by atoms with Crippen LogP contribution in [-0.2, 0) is 12.8 Å². The molecule has 2 aromatic carbocycles. The summed E-state index contributed by atoms with van der Waals surface area (Å²) in [6.45, 7) is 7.79. The molecule has 0 N–H and O–H groups in total. The normalized spacial score (nSPS) is 15.1. The Labute approximate surface area is 210 Å². The van der Waals surface area contributed by atoms with Gasteiger partial charge in [0.05, 0.1) is 0 Å². The van der Waals surface area contributed by atoms with Crippen LogP contribution in [0.2, 0.25) is 0 Å². The second-order valence-electron chi connectivity index (χ2n) is 10.4. The summed E-state index contributed by atoms with van der Waals surface area (Å²) >= 11 is 0. The number of piperazine rings is 1. The van der Waals surface area contributed by atoms with Gasteiger partial charge in [-0.1, -0.05) is 112 Å². The lowest BCUT2D eigenvalue weighted by Crippen LogP contribution is -2.46. The standard InChI is InChI=1S/C32H50N2/c1(5-11-19-31-21-13-9-14-22-31)3-7-17-25-33-27-29-34(30-28-33)26-18-8-4-2-6-12-20-32-23-15-10-16-24-32/h9-10,13-16,21-24H,1-8,11-12,17-20,25-30H2. The van der Waals surface area contributed by atoms with Gasteiger partial charge in [0.15, 0.2) is 0 Å². The highest BCUT2D eigenvalue weighted by Crippen LogP contribution is 2.13. The van der Waals surface area contributed by atoms with Gasteiger partial charge in [-0.25, -0.2) is 0 Å². The molecule has 0 amide bonds. The van der Waals surface area contributed by atoms with Crippen LogP contribution in [0.25, 0.3) is 0 Å². The van der Waals surface area contributed by atoms with Crippen LogP contribution in [0.3, 0.4) is 0 Å². The van der Waals surface area contributed by atoms with Crippen molar-refractivity contribution >= 4 is 0 Å². The number of unbranched alkanes of at least 4 members (excludes halogenated alkanes) is 10. The van der Waals surface area contributed by atoms with E-state index in [1.807, 2.05) is 0 Å². The molecule has 0 unspecified atom stereocenters. The van der Waals surface area contributed by atoms with E-state index in [4.69, 9.17) is 0 Å². The van der Waals surface area contributed by atoms with Crippen molar-refractivity contribution in [3.05, 3.63) is 71.8 Å². The number of nitrogens with zero attached hydrogens (tertiary/aromatic N) is 2. The number of aryl methyl sites for hydroxylation is 2. The average Bonchev–Trinajstić information content (AvgIpc) is 2.89. The summed E-state index contributed by atoms with van der Waals surface area (Å²) in [7, 11) is 0. The summed E-state index contributed by atoms with van der Waals surface area (Å²) in [5.41, 5.74) is 2.99. The molecule has 34 heavy (non-hydrogen) atoms. The first-order valence-corrected chi connectivity index (χ1v) is 14.4. The smallest absolute Gasteiger partial charge is 0.0110 e. The highest BCUT2D eigenvalue weighted by Gasteiger charge is 2.15. The van der Waals surface area contributed by atoms with Crippen molar-refractivity contribution in [3.8, 4) is 0 Å². The van der Waals surface area contributed by atoms with Crippen LogP contribution in [0.1, 0.15) is 88.2 Å². The lowest BCUT2D eigenvalue weighted by Gasteiger charge is -2.34. The Bertz CT molecular complexity index is 643. The van der Waals surface area contributed by atoms with Gasteiger partial charge in [0.2, 0.25) is 0 Å². The van der Waals surface area contributed by atoms with Crippen molar-refractivity contribution in [2.75, 3.05) is 39.3 Å². The molecular formula is C32H50N2. The Morgan fingerprint density at radius 3 is 1.09 bits per heavy atom. The van der Waals surface area contributed by atoms with Crippen LogP contribution in [0.15, 0.2) is 60.7 Å². The summed E-state index contributed by atoms with van der Waals surface area (Å²) in [5, 5.41) is 0. The zero-order chi connectivity index (χ0) is 23.5. The van der Waals surface area contributed by atoms with E-state index >= 15 is 0 Å². The third kappa shape index (κ3) is 12.2. The quantitative estimate of drug-likeness (QED) is 0.209. The van der Waals surface area contributed by atoms with Crippen LogP contribution < -0.4 is 0 Å². The lowest BCUT2D eigenvalue weighted by molar-refractivity contribution is 0.129. The molecule has 3 rings (SSSR count). The SMILES string of the molecule is c1ccc(CCCCCCCCN2CCN(CCCCCCCCc3ccccc3)CC2)cc1. The van der Waals surface area contributed by atoms with Crippen LogP contribution in [0.5, 0.6) is 0 Å². The van der Waals surface area contributed by atoms with Gasteiger partial charge >= 0.3 is 0 Å². The van der Waals surface area contributed by atoms with Gasteiger partial charge in [-0.15, -0.1) is 0 Å². The number of benzene rings is 2. The molecule has 0 aromatic heterocycles. The molecule has 2 aromatic rings. The van der Waals surface area contributed by atoms with Crippen LogP contribution in [0, 0.1) is 0 Å². The number of rotatable bonds is 18. The van der Waals surface area contributed by atoms with E-state index in [9.17, 15) is 0 Å². The molecule has 1 saturated heterocycles. The molecule has 0 bridgehead atoms. The molecule has 1 heterocycles. The lowest BCUT2D eigenvalue weighted by atomic mass is 10.0. The zero-order valence-electron chi connectivity index (χ0n) is 21.8. The summed E-state index contributed by atoms with van der Waals surface area (Å²) in [4.78, 5) is 5.41.